The first kappa shape index (κ1) is 26.8. The lowest BCUT2D eigenvalue weighted by atomic mass is 9.99. The molecule has 3 heteroatoms. The molecule has 0 radical (unpaired) electrons. The quantitative estimate of drug-likeness (QED) is 0.176. The van der Waals surface area contributed by atoms with Crippen molar-refractivity contribution in [3.63, 3.8) is 0 Å². The van der Waals surface area contributed by atoms with Crippen molar-refractivity contribution in [1.82, 2.24) is 0 Å². The maximum Gasteiger partial charge on any atom is 0.143 e. The van der Waals surface area contributed by atoms with E-state index < -0.39 is 0 Å². The molecule has 0 saturated heterocycles. The summed E-state index contributed by atoms with van der Waals surface area (Å²) in [6.07, 6.45) is 14.3. The maximum absolute atomic E-state index is 6.76. The van der Waals surface area contributed by atoms with Crippen molar-refractivity contribution in [2.45, 2.75) is 13.8 Å². The van der Waals surface area contributed by atoms with Crippen LogP contribution < -0.4 is 4.90 Å². The standard InChI is InChI=1S/C40H31NOS/c1-4-6-7-12-26-41(36-22-14-21-35-31-18-10-11-23-37(31)43-40(35)36)27(3)29(15-5-2)32-19-13-20-33-34-25-24-28-16-8-9-17-30(28)38(34)42-39(32)33/h4-26H,1H2,2-3H3/b7-6-,15-5-,26-12+,29-27-. The van der Waals surface area contributed by atoms with Gasteiger partial charge < -0.3 is 9.32 Å². The molecule has 0 unspecified atom stereocenters. The largest absolute Gasteiger partial charge is 0.455 e. The van der Waals surface area contributed by atoms with E-state index in [2.05, 4.69) is 147 Å². The Kier molecular flexibility index (Phi) is 7.02. The number of thiophene rings is 1. The van der Waals surface area contributed by atoms with Gasteiger partial charge in [-0.15, -0.1) is 11.3 Å². The van der Waals surface area contributed by atoms with Gasteiger partial charge in [-0.3, -0.25) is 0 Å². The second-order valence-electron chi connectivity index (χ2n) is 10.5. The summed E-state index contributed by atoms with van der Waals surface area (Å²) in [5.74, 6) is 0. The zero-order valence-corrected chi connectivity index (χ0v) is 25.1. The van der Waals surface area contributed by atoms with Crippen LogP contribution in [0.2, 0.25) is 0 Å². The summed E-state index contributed by atoms with van der Waals surface area (Å²) >= 11 is 1.84. The molecule has 5 aromatic carbocycles. The number of fused-ring (bicyclic) bond motifs is 8. The van der Waals surface area contributed by atoms with Crippen molar-refractivity contribution >= 4 is 75.5 Å². The summed E-state index contributed by atoms with van der Waals surface area (Å²) in [7, 11) is 0. The topological polar surface area (TPSA) is 16.4 Å². The lowest BCUT2D eigenvalue weighted by Crippen LogP contribution is -2.15. The highest BCUT2D eigenvalue weighted by Gasteiger charge is 2.20. The molecule has 43 heavy (non-hydrogen) atoms. The minimum absolute atomic E-state index is 0.900. The number of benzene rings is 5. The molecular formula is C40H31NOS. The van der Waals surface area contributed by atoms with Gasteiger partial charge in [-0.1, -0.05) is 116 Å². The van der Waals surface area contributed by atoms with E-state index in [1.807, 2.05) is 23.5 Å². The smallest absolute Gasteiger partial charge is 0.143 e. The van der Waals surface area contributed by atoms with E-state index in [-0.39, 0.29) is 0 Å². The van der Waals surface area contributed by atoms with Crippen molar-refractivity contribution in [2.24, 2.45) is 0 Å². The van der Waals surface area contributed by atoms with Crippen LogP contribution in [0.15, 0.2) is 156 Å². The first-order chi connectivity index (χ1) is 21.2. The van der Waals surface area contributed by atoms with Crippen molar-refractivity contribution in [2.75, 3.05) is 4.90 Å². The molecule has 0 fully saturated rings. The lowest BCUT2D eigenvalue weighted by molar-refractivity contribution is 0.671. The van der Waals surface area contributed by atoms with Crippen LogP contribution in [0.25, 0.3) is 58.5 Å². The second-order valence-corrected chi connectivity index (χ2v) is 11.6. The predicted octanol–water partition coefficient (Wildman–Crippen LogP) is 12.2. The van der Waals surface area contributed by atoms with Crippen LogP contribution in [0, 0.1) is 0 Å². The average molecular weight is 574 g/mol. The van der Waals surface area contributed by atoms with Crippen LogP contribution >= 0.6 is 11.3 Å². The summed E-state index contributed by atoms with van der Waals surface area (Å²) in [5.41, 5.74) is 6.24. The van der Waals surface area contributed by atoms with Crippen molar-refractivity contribution in [3.05, 3.63) is 158 Å². The van der Waals surface area contributed by atoms with E-state index in [1.54, 1.807) is 6.08 Å². The zero-order valence-electron chi connectivity index (χ0n) is 24.2. The number of anilines is 1. The van der Waals surface area contributed by atoms with Gasteiger partial charge >= 0.3 is 0 Å². The molecule has 7 rings (SSSR count). The van der Waals surface area contributed by atoms with Gasteiger partial charge in [-0.05, 0) is 43.5 Å². The first-order valence-corrected chi connectivity index (χ1v) is 15.3. The Bertz CT molecular complexity index is 2290. The summed E-state index contributed by atoms with van der Waals surface area (Å²) in [6, 6.07) is 34.5. The predicted molar refractivity (Wildman–Crippen MR) is 189 cm³/mol. The number of furan rings is 1. The summed E-state index contributed by atoms with van der Waals surface area (Å²) in [5, 5.41) is 7.12. The monoisotopic (exact) mass is 573 g/mol. The molecule has 0 spiro atoms. The number of rotatable bonds is 7. The van der Waals surface area contributed by atoms with Crippen LogP contribution in [-0.2, 0) is 0 Å². The van der Waals surface area contributed by atoms with Crippen molar-refractivity contribution in [1.29, 1.82) is 0 Å². The molecule has 0 aliphatic rings. The van der Waals surface area contributed by atoms with E-state index in [4.69, 9.17) is 4.42 Å². The molecule has 0 aliphatic heterocycles. The Morgan fingerprint density at radius 2 is 1.47 bits per heavy atom. The second kappa shape index (κ2) is 11.3. The minimum atomic E-state index is 0.900. The fraction of sp³-hybridized carbons (Fsp3) is 0.0500. The van der Waals surface area contributed by atoms with Crippen LogP contribution in [0.1, 0.15) is 19.4 Å². The Hall–Kier alpha value is -5.12. The molecule has 0 atom stereocenters. The maximum atomic E-state index is 6.76. The fourth-order valence-electron chi connectivity index (χ4n) is 6.01. The normalized spacial score (nSPS) is 13.1. The summed E-state index contributed by atoms with van der Waals surface area (Å²) in [6.45, 7) is 8.10. The van der Waals surface area contributed by atoms with Gasteiger partial charge in [-0.25, -0.2) is 0 Å². The van der Waals surface area contributed by atoms with Crippen LogP contribution in [-0.4, -0.2) is 0 Å². The third-order valence-electron chi connectivity index (χ3n) is 8.00. The van der Waals surface area contributed by atoms with Crippen LogP contribution in [0.3, 0.4) is 0 Å². The number of allylic oxidation sites excluding steroid dienone is 8. The van der Waals surface area contributed by atoms with E-state index in [1.165, 1.54) is 25.6 Å². The van der Waals surface area contributed by atoms with Gasteiger partial charge in [0.25, 0.3) is 0 Å². The van der Waals surface area contributed by atoms with Gasteiger partial charge in [0.2, 0.25) is 0 Å². The molecule has 2 heterocycles. The molecule has 0 aliphatic carbocycles. The van der Waals surface area contributed by atoms with Crippen molar-refractivity contribution in [3.8, 4) is 0 Å². The van der Waals surface area contributed by atoms with Gasteiger partial charge in [-0.2, -0.15) is 0 Å². The van der Waals surface area contributed by atoms with Crippen LogP contribution in [0.5, 0.6) is 0 Å². The van der Waals surface area contributed by atoms with Crippen LogP contribution in [0.4, 0.5) is 5.69 Å². The highest BCUT2D eigenvalue weighted by molar-refractivity contribution is 7.26. The molecule has 0 amide bonds. The Morgan fingerprint density at radius 3 is 2.33 bits per heavy atom. The molecule has 2 aromatic heterocycles. The molecule has 0 bridgehead atoms. The third-order valence-corrected chi connectivity index (χ3v) is 9.21. The Morgan fingerprint density at radius 1 is 0.721 bits per heavy atom. The van der Waals surface area contributed by atoms with Gasteiger partial charge in [0, 0.05) is 54.7 Å². The summed E-state index contributed by atoms with van der Waals surface area (Å²) < 4.78 is 9.30. The summed E-state index contributed by atoms with van der Waals surface area (Å²) in [4.78, 5) is 2.30. The lowest BCUT2D eigenvalue weighted by Gasteiger charge is -2.25. The Balaban J connectivity index is 1.49. The van der Waals surface area contributed by atoms with E-state index >= 15 is 0 Å². The van der Waals surface area contributed by atoms with E-state index in [0.717, 1.165) is 49.8 Å². The number of para-hydroxylation sites is 1. The molecule has 0 saturated carbocycles. The van der Waals surface area contributed by atoms with E-state index in [9.17, 15) is 0 Å². The van der Waals surface area contributed by atoms with Crippen molar-refractivity contribution < 1.29 is 4.42 Å². The number of hydrogen-bond acceptors (Lipinski definition) is 3. The van der Waals surface area contributed by atoms with E-state index in [0.29, 0.717) is 0 Å². The highest BCUT2D eigenvalue weighted by atomic mass is 32.1. The SMILES string of the molecule is C=C/C=C\C=C\N(/C(C)=C(/C=C\C)c1cccc2c1oc1c3ccccc3ccc21)c1cccc2c1sc1ccccc12. The number of hydrogen-bond donors (Lipinski definition) is 0. The minimum Gasteiger partial charge on any atom is -0.455 e. The van der Waals surface area contributed by atoms with Gasteiger partial charge in [0.1, 0.15) is 11.2 Å². The molecule has 7 aromatic rings. The molecular weight excluding hydrogens is 543 g/mol. The van der Waals surface area contributed by atoms with Gasteiger partial charge in [0.05, 0.1) is 10.4 Å². The Labute approximate surface area is 255 Å². The molecule has 208 valence electrons. The first-order valence-electron chi connectivity index (χ1n) is 14.5. The zero-order chi connectivity index (χ0) is 29.3. The highest BCUT2D eigenvalue weighted by Crippen LogP contribution is 2.43. The van der Waals surface area contributed by atoms with Gasteiger partial charge in [0.15, 0.2) is 0 Å². The fourth-order valence-corrected chi connectivity index (χ4v) is 7.23. The molecule has 0 N–H and O–H groups in total. The third kappa shape index (κ3) is 4.59. The number of nitrogens with zero attached hydrogens (tertiary/aromatic N) is 1. The average Bonchev–Trinajstić information content (AvgIpc) is 3.63. The molecule has 2 nitrogen and oxygen atoms in total.